The average Bonchev–Trinajstić information content (AvgIpc) is 2.64. The van der Waals surface area contributed by atoms with Gasteiger partial charge < -0.3 is 19.5 Å². The number of rotatable bonds is 4. The van der Waals surface area contributed by atoms with Crippen molar-refractivity contribution in [3.8, 4) is 11.5 Å². The van der Waals surface area contributed by atoms with Crippen molar-refractivity contribution < 1.29 is 14.6 Å². The maximum absolute atomic E-state index is 11.2. The minimum absolute atomic E-state index is 0.625. The van der Waals surface area contributed by atoms with Crippen LogP contribution in [0.15, 0.2) is 34.9 Å². The summed E-state index contributed by atoms with van der Waals surface area (Å²) in [6.45, 7) is 3.53. The molecular weight excluding hydrogens is 384 g/mol. The topological polar surface area (TPSA) is 54.8 Å². The zero-order chi connectivity index (χ0) is 18.0. The monoisotopic (exact) mass is 406 g/mol. The maximum atomic E-state index is 11.2. The van der Waals surface area contributed by atoms with Gasteiger partial charge in [-0.05, 0) is 65.0 Å². The summed E-state index contributed by atoms with van der Waals surface area (Å²) in [6, 6.07) is 7.67. The zero-order valence-corrected chi connectivity index (χ0v) is 16.3. The molecule has 0 spiro atoms. The van der Waals surface area contributed by atoms with Crippen LogP contribution < -0.4 is 14.4 Å². The molecule has 134 valence electrons. The molecule has 0 amide bonds. The van der Waals surface area contributed by atoms with Crippen LogP contribution in [0.25, 0.3) is 0 Å². The van der Waals surface area contributed by atoms with E-state index < -0.39 is 5.60 Å². The highest BCUT2D eigenvalue weighted by molar-refractivity contribution is 9.10. The second kappa shape index (κ2) is 7.22. The van der Waals surface area contributed by atoms with Gasteiger partial charge in [0.2, 0.25) is 0 Å². The normalized spacial score (nSPS) is 16.6. The van der Waals surface area contributed by atoms with E-state index in [1.807, 2.05) is 24.4 Å². The molecule has 5 nitrogen and oxygen atoms in total. The summed E-state index contributed by atoms with van der Waals surface area (Å²) in [5.41, 5.74) is 1.11. The van der Waals surface area contributed by atoms with E-state index in [-0.39, 0.29) is 0 Å². The number of anilines is 1. The molecule has 25 heavy (non-hydrogen) atoms. The Bertz CT molecular complexity index is 736. The van der Waals surface area contributed by atoms with Crippen LogP contribution in [0.1, 0.15) is 24.0 Å². The number of piperidine rings is 1. The van der Waals surface area contributed by atoms with E-state index >= 15 is 0 Å². The number of aromatic nitrogens is 1. The Hall–Kier alpha value is -1.79. The van der Waals surface area contributed by atoms with Gasteiger partial charge in [-0.3, -0.25) is 0 Å². The van der Waals surface area contributed by atoms with Crippen molar-refractivity contribution in [1.29, 1.82) is 0 Å². The van der Waals surface area contributed by atoms with E-state index in [9.17, 15) is 5.11 Å². The number of halogens is 1. The highest BCUT2D eigenvalue weighted by Gasteiger charge is 2.35. The molecule has 1 aromatic carbocycles. The Balaban J connectivity index is 1.79. The molecule has 3 rings (SSSR count). The lowest BCUT2D eigenvalue weighted by Gasteiger charge is -2.39. The van der Waals surface area contributed by atoms with Gasteiger partial charge in [0.25, 0.3) is 0 Å². The van der Waals surface area contributed by atoms with E-state index in [1.165, 1.54) is 0 Å². The van der Waals surface area contributed by atoms with Crippen molar-refractivity contribution in [3.05, 3.63) is 46.1 Å². The smallest absolute Gasteiger partial charge is 0.128 e. The fourth-order valence-corrected chi connectivity index (χ4v) is 3.38. The van der Waals surface area contributed by atoms with E-state index in [2.05, 4.69) is 38.8 Å². The fraction of sp³-hybridized carbons (Fsp3) is 0.421. The minimum atomic E-state index is -0.886. The van der Waals surface area contributed by atoms with Gasteiger partial charge in [-0.1, -0.05) is 0 Å². The highest BCUT2D eigenvalue weighted by atomic mass is 79.9. The summed E-state index contributed by atoms with van der Waals surface area (Å²) in [5, 5.41) is 11.2. The molecule has 0 saturated carbocycles. The van der Waals surface area contributed by atoms with Crippen molar-refractivity contribution in [1.82, 2.24) is 4.98 Å². The number of hydrogen-bond donors (Lipinski definition) is 1. The molecule has 1 saturated heterocycles. The molecule has 1 aliphatic rings. The van der Waals surface area contributed by atoms with Crippen molar-refractivity contribution in [2.75, 3.05) is 32.2 Å². The SMILES string of the molecule is COc1cc(OC)cc(C2(O)CCN(c3cc(C)c(Br)cn3)CC2)c1. The van der Waals surface area contributed by atoms with Gasteiger partial charge in [0.1, 0.15) is 17.3 Å². The van der Waals surface area contributed by atoms with E-state index in [4.69, 9.17) is 9.47 Å². The molecule has 1 N–H and O–H groups in total. The summed E-state index contributed by atoms with van der Waals surface area (Å²) >= 11 is 3.48. The minimum Gasteiger partial charge on any atom is -0.497 e. The first-order valence-electron chi connectivity index (χ1n) is 8.28. The molecule has 0 unspecified atom stereocenters. The first-order chi connectivity index (χ1) is 11.9. The van der Waals surface area contributed by atoms with Gasteiger partial charge in [-0.2, -0.15) is 0 Å². The predicted octanol–water partition coefficient (Wildman–Crippen LogP) is 3.66. The molecule has 2 heterocycles. The lowest BCUT2D eigenvalue weighted by atomic mass is 9.84. The highest BCUT2D eigenvalue weighted by Crippen LogP contribution is 2.38. The summed E-state index contributed by atoms with van der Waals surface area (Å²) in [5.74, 6) is 2.33. The molecule has 0 aliphatic carbocycles. The third-order valence-corrected chi connectivity index (χ3v) is 5.67. The van der Waals surface area contributed by atoms with Crippen LogP contribution in [0.4, 0.5) is 5.82 Å². The first-order valence-corrected chi connectivity index (χ1v) is 9.07. The lowest BCUT2D eigenvalue weighted by molar-refractivity contribution is 0.0113. The second-order valence-electron chi connectivity index (χ2n) is 6.41. The number of nitrogens with zero attached hydrogens (tertiary/aromatic N) is 2. The van der Waals surface area contributed by atoms with Crippen molar-refractivity contribution in [3.63, 3.8) is 0 Å². The predicted molar refractivity (Wildman–Crippen MR) is 102 cm³/mol. The summed E-state index contributed by atoms with van der Waals surface area (Å²) in [4.78, 5) is 6.71. The van der Waals surface area contributed by atoms with Crippen LogP contribution in [-0.4, -0.2) is 37.4 Å². The molecular formula is C19H23BrN2O3. The van der Waals surface area contributed by atoms with Gasteiger partial charge in [-0.25, -0.2) is 4.98 Å². The first kappa shape index (κ1) is 18.0. The summed E-state index contributed by atoms with van der Waals surface area (Å²) < 4.78 is 11.7. The van der Waals surface area contributed by atoms with E-state index in [0.717, 1.165) is 34.5 Å². The largest absolute Gasteiger partial charge is 0.497 e. The van der Waals surface area contributed by atoms with Crippen LogP contribution >= 0.6 is 15.9 Å². The molecule has 0 radical (unpaired) electrons. The fourth-order valence-electron chi connectivity index (χ4n) is 3.17. The maximum Gasteiger partial charge on any atom is 0.128 e. The van der Waals surface area contributed by atoms with Crippen molar-refractivity contribution >= 4 is 21.7 Å². The van der Waals surface area contributed by atoms with Crippen molar-refractivity contribution in [2.45, 2.75) is 25.4 Å². The molecule has 1 fully saturated rings. The molecule has 0 bridgehead atoms. The average molecular weight is 407 g/mol. The number of aryl methyl sites for hydroxylation is 1. The van der Waals surface area contributed by atoms with E-state index in [0.29, 0.717) is 24.3 Å². The van der Waals surface area contributed by atoms with Crippen LogP contribution in [0.3, 0.4) is 0 Å². The lowest BCUT2D eigenvalue weighted by Crippen LogP contribution is -2.43. The van der Waals surface area contributed by atoms with Gasteiger partial charge in [0.05, 0.1) is 19.8 Å². The van der Waals surface area contributed by atoms with Crippen LogP contribution in [0, 0.1) is 6.92 Å². The van der Waals surface area contributed by atoms with E-state index in [1.54, 1.807) is 14.2 Å². The standard InChI is InChI=1S/C19H23BrN2O3/c1-13-8-18(21-12-17(13)20)22-6-4-19(23,5-7-22)14-9-15(24-2)11-16(10-14)25-3/h8-12,23H,4-7H2,1-3H3. The van der Waals surface area contributed by atoms with Gasteiger partial charge in [-0.15, -0.1) is 0 Å². The van der Waals surface area contributed by atoms with Crippen LogP contribution in [-0.2, 0) is 5.60 Å². The number of pyridine rings is 1. The number of hydrogen-bond acceptors (Lipinski definition) is 5. The second-order valence-corrected chi connectivity index (χ2v) is 7.27. The zero-order valence-electron chi connectivity index (χ0n) is 14.8. The Morgan fingerprint density at radius 1 is 1.08 bits per heavy atom. The summed E-state index contributed by atoms with van der Waals surface area (Å²) in [6.07, 6.45) is 3.08. The number of methoxy groups -OCH3 is 2. The number of ether oxygens (including phenoxy) is 2. The molecule has 6 heteroatoms. The molecule has 0 atom stereocenters. The Morgan fingerprint density at radius 2 is 1.68 bits per heavy atom. The number of aliphatic hydroxyl groups is 1. The van der Waals surface area contributed by atoms with Gasteiger partial charge >= 0.3 is 0 Å². The van der Waals surface area contributed by atoms with Gasteiger partial charge in [0, 0.05) is 29.8 Å². The van der Waals surface area contributed by atoms with Gasteiger partial charge in [0.15, 0.2) is 0 Å². The van der Waals surface area contributed by atoms with Crippen molar-refractivity contribution in [2.24, 2.45) is 0 Å². The Morgan fingerprint density at radius 3 is 2.20 bits per heavy atom. The van der Waals surface area contributed by atoms with Crippen LogP contribution in [0.5, 0.6) is 11.5 Å². The quantitative estimate of drug-likeness (QED) is 0.839. The molecule has 1 aromatic heterocycles. The Kier molecular flexibility index (Phi) is 5.20. The van der Waals surface area contributed by atoms with Crippen LogP contribution in [0.2, 0.25) is 0 Å². The molecule has 1 aliphatic heterocycles. The third kappa shape index (κ3) is 3.75. The third-order valence-electron chi connectivity index (χ3n) is 4.84. The molecule has 2 aromatic rings. The summed E-state index contributed by atoms with van der Waals surface area (Å²) in [7, 11) is 3.24. The Labute approximate surface area is 156 Å². The number of benzene rings is 1.